The van der Waals surface area contributed by atoms with Crippen LogP contribution in [-0.4, -0.2) is 131 Å². The van der Waals surface area contributed by atoms with Crippen LogP contribution < -0.4 is 10.7 Å². The maximum absolute atomic E-state index is 14.8. The molecule has 0 saturated carbocycles. The summed E-state index contributed by atoms with van der Waals surface area (Å²) in [6.07, 6.45) is 5.09. The zero-order valence-corrected chi connectivity index (χ0v) is 43.9. The number of likely N-dealkylation sites (tertiary alicyclic amines) is 1. The number of aryl methyl sites for hydroxylation is 1. The molecule has 2 unspecified atom stereocenters. The number of nitrogens with zero attached hydrogens (tertiary/aromatic N) is 6. The van der Waals surface area contributed by atoms with Gasteiger partial charge >= 0.3 is 5.97 Å². The molecule has 7 rings (SSSR count). The molecule has 15 heteroatoms. The number of likely N-dealkylation sites (N-methyl/N-ethyl adjacent to an activating group) is 1. The molecule has 2 saturated heterocycles. The predicted molar refractivity (Wildman–Crippen MR) is 277 cm³/mol. The number of esters is 1. The highest BCUT2D eigenvalue weighted by molar-refractivity contribution is 5.96. The Morgan fingerprint density at radius 3 is 2.48 bits per heavy atom. The van der Waals surface area contributed by atoms with Crippen molar-refractivity contribution >= 4 is 40.5 Å². The van der Waals surface area contributed by atoms with E-state index in [1.807, 2.05) is 46.0 Å². The van der Waals surface area contributed by atoms with Crippen LogP contribution in [0.25, 0.3) is 33.3 Å². The Kier molecular flexibility index (Phi) is 16.3. The summed E-state index contributed by atoms with van der Waals surface area (Å²) in [5, 5.41) is 5.61. The van der Waals surface area contributed by atoms with E-state index in [4.69, 9.17) is 14.5 Å². The van der Waals surface area contributed by atoms with Crippen LogP contribution in [0.3, 0.4) is 0 Å². The summed E-state index contributed by atoms with van der Waals surface area (Å²) in [6.45, 7) is 23.1. The Bertz CT molecular complexity index is 2660. The van der Waals surface area contributed by atoms with Gasteiger partial charge in [-0.2, -0.15) is 0 Å². The molecular weight excluding hydrogens is 897 g/mol. The number of cyclic esters (lactones) is 1. The van der Waals surface area contributed by atoms with Gasteiger partial charge in [-0.25, -0.2) is 5.43 Å². The maximum Gasteiger partial charge on any atom is 0.324 e. The van der Waals surface area contributed by atoms with Gasteiger partial charge in [-0.05, 0) is 118 Å². The first kappa shape index (κ1) is 52.9. The molecule has 4 aromatic rings. The SMILES string of the molecule is C=CC(=O)N1CCC(C)(C(=O)N(C)C(C(=O)N[C@H]2Cc3cccc(c3)-c3ccc4c(c3)c(c(-c3cc(CN(C)CC)cnc3[C@H](C)OC)n4CC)CC(C)(C)COC(=O)[C@@H]3CCCN(N3)C2=O)C(C)C)C1. The number of hydrogen-bond acceptors (Lipinski definition) is 10. The summed E-state index contributed by atoms with van der Waals surface area (Å²) >= 11 is 0. The van der Waals surface area contributed by atoms with Crippen LogP contribution in [0.5, 0.6) is 0 Å². The minimum absolute atomic E-state index is 0.127. The monoisotopic (exact) mass is 973 g/mol. The van der Waals surface area contributed by atoms with Crippen molar-refractivity contribution in [1.82, 2.24) is 40.0 Å². The number of hydrazine groups is 1. The number of methoxy groups -OCH3 is 1. The second-order valence-corrected chi connectivity index (χ2v) is 21.4. The third kappa shape index (κ3) is 11.3. The van der Waals surface area contributed by atoms with E-state index in [0.717, 1.165) is 68.8 Å². The van der Waals surface area contributed by atoms with Gasteiger partial charge < -0.3 is 34.1 Å². The van der Waals surface area contributed by atoms with Gasteiger partial charge in [0, 0.05) is 81.4 Å². The van der Waals surface area contributed by atoms with Crippen LogP contribution in [0.1, 0.15) is 103 Å². The normalized spacial score (nSPS) is 21.5. The average Bonchev–Trinajstić information content (AvgIpc) is 3.91. The maximum atomic E-state index is 14.8. The molecule has 2 N–H and O–H groups in total. The minimum atomic E-state index is -1.06. The number of carbonyl (C=O) groups is 5. The summed E-state index contributed by atoms with van der Waals surface area (Å²) in [6, 6.07) is 14.1. The van der Waals surface area contributed by atoms with Crippen molar-refractivity contribution in [3.8, 4) is 22.4 Å². The number of aromatic nitrogens is 2. The van der Waals surface area contributed by atoms with Crippen LogP contribution in [0, 0.1) is 16.7 Å². The Morgan fingerprint density at radius 1 is 1.04 bits per heavy atom. The van der Waals surface area contributed by atoms with Crippen LogP contribution in [0.2, 0.25) is 0 Å². The van der Waals surface area contributed by atoms with Crippen molar-refractivity contribution in [2.75, 3.05) is 54.0 Å². The summed E-state index contributed by atoms with van der Waals surface area (Å²) in [7, 11) is 5.43. The van der Waals surface area contributed by atoms with Gasteiger partial charge in [0.25, 0.3) is 5.91 Å². The lowest BCUT2D eigenvalue weighted by Gasteiger charge is -2.38. The fourth-order valence-corrected chi connectivity index (χ4v) is 10.8. The minimum Gasteiger partial charge on any atom is -0.464 e. The van der Waals surface area contributed by atoms with Gasteiger partial charge in [-0.1, -0.05) is 71.5 Å². The van der Waals surface area contributed by atoms with E-state index >= 15 is 0 Å². The second kappa shape index (κ2) is 21.8. The predicted octanol–water partition coefficient (Wildman–Crippen LogP) is 7.11. The number of benzene rings is 2. The van der Waals surface area contributed by atoms with Crippen molar-refractivity contribution in [1.29, 1.82) is 0 Å². The van der Waals surface area contributed by atoms with Crippen LogP contribution in [0.15, 0.2) is 67.4 Å². The summed E-state index contributed by atoms with van der Waals surface area (Å²) in [5.74, 6) is -2.15. The van der Waals surface area contributed by atoms with Crippen LogP contribution in [0.4, 0.5) is 0 Å². The quantitative estimate of drug-likeness (QED) is 0.105. The van der Waals surface area contributed by atoms with Crippen LogP contribution >= 0.6 is 0 Å². The summed E-state index contributed by atoms with van der Waals surface area (Å²) in [5.41, 5.74) is 10.7. The Morgan fingerprint density at radius 2 is 1.79 bits per heavy atom. The first-order valence-electron chi connectivity index (χ1n) is 25.4. The lowest BCUT2D eigenvalue weighted by atomic mass is 9.84. The van der Waals surface area contributed by atoms with E-state index in [-0.39, 0.29) is 43.4 Å². The molecule has 6 bridgehead atoms. The largest absolute Gasteiger partial charge is 0.464 e. The molecule has 0 aliphatic carbocycles. The zero-order chi connectivity index (χ0) is 51.5. The van der Waals surface area contributed by atoms with Crippen molar-refractivity contribution in [2.24, 2.45) is 16.7 Å². The van der Waals surface area contributed by atoms with Crippen LogP contribution in [-0.2, 0) is 59.4 Å². The van der Waals surface area contributed by atoms with Gasteiger partial charge in [0.1, 0.15) is 18.1 Å². The Labute approximate surface area is 420 Å². The van der Waals surface area contributed by atoms with Gasteiger partial charge in [0.05, 0.1) is 29.5 Å². The van der Waals surface area contributed by atoms with Gasteiger partial charge in [0.2, 0.25) is 17.7 Å². The molecule has 3 aliphatic rings. The molecule has 2 fully saturated rings. The molecule has 5 heterocycles. The van der Waals surface area contributed by atoms with Crippen molar-refractivity contribution < 1.29 is 33.4 Å². The van der Waals surface area contributed by atoms with Gasteiger partial charge in [0.15, 0.2) is 0 Å². The van der Waals surface area contributed by atoms with Crippen molar-refractivity contribution in [3.63, 3.8) is 0 Å². The van der Waals surface area contributed by atoms with Crippen molar-refractivity contribution in [2.45, 2.75) is 125 Å². The number of amides is 4. The molecular formula is C56H76N8O7. The van der Waals surface area contributed by atoms with E-state index in [0.29, 0.717) is 45.3 Å². The number of rotatable bonds is 13. The lowest BCUT2D eigenvalue weighted by molar-refractivity contribution is -0.155. The van der Waals surface area contributed by atoms with E-state index in [1.54, 1.807) is 19.1 Å². The second-order valence-electron chi connectivity index (χ2n) is 21.4. The van der Waals surface area contributed by atoms with E-state index in [9.17, 15) is 24.0 Å². The summed E-state index contributed by atoms with van der Waals surface area (Å²) in [4.78, 5) is 80.8. The molecule has 2 aromatic carbocycles. The smallest absolute Gasteiger partial charge is 0.324 e. The van der Waals surface area contributed by atoms with E-state index in [1.165, 1.54) is 16.0 Å². The molecule has 5 atom stereocenters. The topological polar surface area (TPSA) is 159 Å². The van der Waals surface area contributed by atoms with Gasteiger partial charge in [-0.3, -0.25) is 34.0 Å². The molecule has 0 radical (unpaired) electrons. The zero-order valence-electron chi connectivity index (χ0n) is 43.9. The molecule has 4 amide bonds. The molecule has 15 nitrogen and oxygen atoms in total. The fourth-order valence-electron chi connectivity index (χ4n) is 10.8. The number of pyridine rings is 1. The van der Waals surface area contributed by atoms with Crippen molar-refractivity contribution in [3.05, 3.63) is 89.8 Å². The molecule has 71 heavy (non-hydrogen) atoms. The number of hydrogen-bond donors (Lipinski definition) is 2. The molecule has 382 valence electrons. The first-order chi connectivity index (χ1) is 33.7. The first-order valence-corrected chi connectivity index (χ1v) is 25.4. The number of carbonyl (C=O) groups excluding carboxylic acids is 5. The summed E-state index contributed by atoms with van der Waals surface area (Å²) < 4.78 is 14.5. The highest BCUT2D eigenvalue weighted by Crippen LogP contribution is 2.42. The third-order valence-corrected chi connectivity index (χ3v) is 14.9. The standard InChI is InChI=1S/C56H76N8O7/c1-13-47(65)62-25-23-56(9,33-62)54(69)61(11)49(35(4)5)51(66)58-45-28-37-18-16-19-39(26-37)40-21-22-46-41(29-40)43(30-55(7,8)34-71-53(68)44-20-17-24-64(59-44)52(45)67)50(63(46)15-3)42-27-38(32-60(10)14-2)31-57-48(42)36(6)70-12/h13,16,18-19,21-22,26-27,29,31,35-36,44-45,49,59H,1,14-15,17,20,23-25,28,30,32-34H2,2-12H3,(H,58,66)/t36-,44-,45-,49?,56?/m0/s1. The Hall–Kier alpha value is -5.90. The highest BCUT2D eigenvalue weighted by atomic mass is 16.5. The number of fused-ring (bicyclic) bond motifs is 6. The molecule has 2 aromatic heterocycles. The number of ether oxygens (including phenoxy) is 2. The van der Waals surface area contributed by atoms with Gasteiger partial charge in [-0.15, -0.1) is 0 Å². The molecule has 0 spiro atoms. The van der Waals surface area contributed by atoms with E-state index < -0.39 is 46.7 Å². The average molecular weight is 973 g/mol. The molecule has 3 aliphatic heterocycles. The van der Waals surface area contributed by atoms with E-state index in [2.05, 4.69) is 97.9 Å². The third-order valence-electron chi connectivity index (χ3n) is 14.9. The Balaban J connectivity index is 1.32. The fraction of sp³-hybridized carbons (Fsp3) is 0.536. The highest BCUT2D eigenvalue weighted by Gasteiger charge is 2.46. The number of nitrogens with one attached hydrogen (secondary N) is 2. The lowest BCUT2D eigenvalue weighted by Crippen LogP contribution is -2.62.